The Kier molecular flexibility index (Phi) is 6.17. The quantitative estimate of drug-likeness (QED) is 0.307. The summed E-state index contributed by atoms with van der Waals surface area (Å²) in [5, 5.41) is 2.70. The minimum absolute atomic E-state index is 0.0124. The highest BCUT2D eigenvalue weighted by atomic mass is 19.1. The van der Waals surface area contributed by atoms with Crippen LogP contribution in [0.2, 0.25) is 0 Å². The van der Waals surface area contributed by atoms with E-state index in [1.54, 1.807) is 86.0 Å². The summed E-state index contributed by atoms with van der Waals surface area (Å²) < 4.78 is 14.1. The Morgan fingerprint density at radius 2 is 1.73 bits per heavy atom. The van der Waals surface area contributed by atoms with E-state index in [0.29, 0.717) is 28.2 Å². The zero-order valence-electron chi connectivity index (χ0n) is 18.0. The number of benzene rings is 2. The number of hydrogen-bond acceptors (Lipinski definition) is 2. The van der Waals surface area contributed by atoms with Crippen molar-refractivity contribution in [1.82, 2.24) is 9.99 Å². The molecule has 4 rings (SSSR count). The zero-order chi connectivity index (χ0) is 23.4. The summed E-state index contributed by atoms with van der Waals surface area (Å²) in [6.07, 6.45) is 10.0. The van der Waals surface area contributed by atoms with E-state index in [-0.39, 0.29) is 11.4 Å². The first-order valence-corrected chi connectivity index (χ1v) is 10.4. The number of rotatable bonds is 6. The van der Waals surface area contributed by atoms with Crippen molar-refractivity contribution in [3.63, 3.8) is 0 Å². The third-order valence-corrected chi connectivity index (χ3v) is 5.15. The Morgan fingerprint density at radius 1 is 1.00 bits per heavy atom. The second kappa shape index (κ2) is 9.36. The summed E-state index contributed by atoms with van der Waals surface area (Å²) in [7, 11) is 0. The molecule has 0 spiro atoms. The van der Waals surface area contributed by atoms with Gasteiger partial charge in [0.2, 0.25) is 0 Å². The predicted octanol–water partition coefficient (Wildman–Crippen LogP) is 5.64. The number of anilines is 1. The molecule has 164 valence electrons. The number of H-pyrrole nitrogens is 1. The third kappa shape index (κ3) is 4.32. The van der Waals surface area contributed by atoms with Gasteiger partial charge in [0.15, 0.2) is 0 Å². The maximum atomic E-state index is 14.1. The number of hydrogen-bond donors (Lipinski definition) is 1. The van der Waals surface area contributed by atoms with Crippen LogP contribution < -0.4 is 5.01 Å². The summed E-state index contributed by atoms with van der Waals surface area (Å²) >= 11 is 0. The van der Waals surface area contributed by atoms with Crippen molar-refractivity contribution < 1.29 is 14.0 Å². The van der Waals surface area contributed by atoms with Crippen LogP contribution in [-0.4, -0.2) is 21.8 Å². The second-order valence-corrected chi connectivity index (χ2v) is 7.38. The Hall–Kier alpha value is -4.45. The Bertz CT molecular complexity index is 1300. The molecule has 1 aromatic heterocycles. The number of carbonyl (C=O) groups is 2. The molecule has 3 aromatic rings. The van der Waals surface area contributed by atoms with Crippen molar-refractivity contribution in [2.24, 2.45) is 0 Å². The fourth-order valence-corrected chi connectivity index (χ4v) is 3.58. The van der Waals surface area contributed by atoms with Crippen molar-refractivity contribution in [2.45, 2.75) is 6.92 Å². The molecule has 33 heavy (non-hydrogen) atoms. The lowest BCUT2D eigenvalue weighted by atomic mass is 10.1. The molecule has 0 aliphatic carbocycles. The van der Waals surface area contributed by atoms with Crippen LogP contribution >= 0.6 is 0 Å². The first-order chi connectivity index (χ1) is 16.0. The van der Waals surface area contributed by atoms with Crippen LogP contribution in [0.25, 0.3) is 17.3 Å². The number of para-hydroxylation sites is 1. The van der Waals surface area contributed by atoms with E-state index in [9.17, 15) is 14.0 Å². The SMILES string of the molecule is C=C/C=C\C=C(/C)N1C(=O)/C(=C\c2c[nH]c(-c3ccccc3F)c2)C(=O)N1c1ccccc1. The van der Waals surface area contributed by atoms with Gasteiger partial charge in [-0.25, -0.2) is 14.4 Å². The average molecular weight is 439 g/mol. The molecule has 1 fully saturated rings. The summed E-state index contributed by atoms with van der Waals surface area (Å²) in [6.45, 7) is 5.39. The van der Waals surface area contributed by atoms with Crippen LogP contribution in [0.5, 0.6) is 0 Å². The van der Waals surface area contributed by atoms with Gasteiger partial charge >= 0.3 is 0 Å². The van der Waals surface area contributed by atoms with E-state index in [2.05, 4.69) is 11.6 Å². The molecule has 0 unspecified atom stereocenters. The molecule has 1 N–H and O–H groups in total. The average Bonchev–Trinajstić information content (AvgIpc) is 3.38. The molecular formula is C27H22FN3O2. The van der Waals surface area contributed by atoms with E-state index < -0.39 is 11.8 Å². The predicted molar refractivity (Wildman–Crippen MR) is 128 cm³/mol. The summed E-state index contributed by atoms with van der Waals surface area (Å²) in [5.41, 5.74) is 2.71. The van der Waals surface area contributed by atoms with Gasteiger partial charge < -0.3 is 4.98 Å². The number of allylic oxidation sites excluding steroid dienone is 5. The third-order valence-electron chi connectivity index (χ3n) is 5.15. The van der Waals surface area contributed by atoms with Crippen molar-refractivity contribution in [2.75, 3.05) is 5.01 Å². The lowest BCUT2D eigenvalue weighted by Crippen LogP contribution is -2.39. The van der Waals surface area contributed by atoms with E-state index in [4.69, 9.17) is 0 Å². The number of aromatic amines is 1. The molecular weight excluding hydrogens is 417 g/mol. The minimum Gasteiger partial charge on any atom is -0.361 e. The number of nitrogens with zero attached hydrogens (tertiary/aromatic N) is 2. The molecule has 6 heteroatoms. The van der Waals surface area contributed by atoms with Crippen LogP contribution in [0.3, 0.4) is 0 Å². The molecule has 0 bridgehead atoms. The highest BCUT2D eigenvalue weighted by Crippen LogP contribution is 2.31. The van der Waals surface area contributed by atoms with Gasteiger partial charge in [0, 0.05) is 23.2 Å². The first-order valence-electron chi connectivity index (χ1n) is 10.4. The second-order valence-electron chi connectivity index (χ2n) is 7.38. The van der Waals surface area contributed by atoms with Crippen molar-refractivity contribution in [1.29, 1.82) is 0 Å². The fraction of sp³-hybridized carbons (Fsp3) is 0.0370. The van der Waals surface area contributed by atoms with E-state index >= 15 is 0 Å². The van der Waals surface area contributed by atoms with E-state index in [1.807, 2.05) is 6.07 Å². The monoisotopic (exact) mass is 439 g/mol. The van der Waals surface area contributed by atoms with Crippen LogP contribution in [0.15, 0.2) is 109 Å². The maximum Gasteiger partial charge on any atom is 0.283 e. The molecule has 2 aromatic carbocycles. The Labute approximate surface area is 191 Å². The summed E-state index contributed by atoms with van der Waals surface area (Å²) in [5.74, 6) is -1.25. The van der Waals surface area contributed by atoms with Gasteiger partial charge in [0.05, 0.1) is 5.69 Å². The molecule has 1 saturated heterocycles. The molecule has 2 heterocycles. The standard InChI is InChI=1S/C27H22FN3O2/c1-3-4-6-11-19(2)30-26(32)23(27(33)31(30)21-12-7-5-8-13-21)16-20-17-25(29-18-20)22-14-9-10-15-24(22)28/h3-18,29H,1H2,2H3/b6-4-,19-11+,23-16+. The largest absolute Gasteiger partial charge is 0.361 e. The summed E-state index contributed by atoms with van der Waals surface area (Å²) in [4.78, 5) is 29.7. The Balaban J connectivity index is 1.74. The topological polar surface area (TPSA) is 56.4 Å². The van der Waals surface area contributed by atoms with Crippen molar-refractivity contribution in [3.05, 3.63) is 120 Å². The molecule has 0 saturated carbocycles. The normalized spacial score (nSPS) is 15.8. The molecule has 0 atom stereocenters. The van der Waals surface area contributed by atoms with Crippen molar-refractivity contribution in [3.8, 4) is 11.3 Å². The molecule has 0 radical (unpaired) electrons. The lowest BCUT2D eigenvalue weighted by Gasteiger charge is -2.27. The highest BCUT2D eigenvalue weighted by molar-refractivity contribution is 6.32. The van der Waals surface area contributed by atoms with Gasteiger partial charge in [-0.05, 0) is 55.0 Å². The molecule has 2 amide bonds. The van der Waals surface area contributed by atoms with Gasteiger partial charge in [-0.1, -0.05) is 55.1 Å². The number of aromatic nitrogens is 1. The van der Waals surface area contributed by atoms with Gasteiger partial charge in [-0.3, -0.25) is 9.59 Å². The van der Waals surface area contributed by atoms with Gasteiger partial charge in [-0.15, -0.1) is 0 Å². The number of amides is 2. The molecule has 5 nitrogen and oxygen atoms in total. The maximum absolute atomic E-state index is 14.1. The van der Waals surface area contributed by atoms with E-state index in [1.165, 1.54) is 22.2 Å². The fourth-order valence-electron chi connectivity index (χ4n) is 3.58. The Morgan fingerprint density at radius 3 is 2.45 bits per heavy atom. The van der Waals surface area contributed by atoms with Gasteiger partial charge in [0.25, 0.3) is 11.8 Å². The lowest BCUT2D eigenvalue weighted by molar-refractivity contribution is -0.123. The number of nitrogens with one attached hydrogen (secondary N) is 1. The van der Waals surface area contributed by atoms with Crippen LogP contribution in [0.1, 0.15) is 12.5 Å². The summed E-state index contributed by atoms with van der Waals surface area (Å²) in [6, 6.07) is 17.1. The van der Waals surface area contributed by atoms with Crippen molar-refractivity contribution >= 4 is 23.6 Å². The minimum atomic E-state index is -0.446. The molecule has 1 aliphatic rings. The molecule has 1 aliphatic heterocycles. The van der Waals surface area contributed by atoms with Gasteiger partial charge in [-0.2, -0.15) is 0 Å². The van der Waals surface area contributed by atoms with E-state index in [0.717, 1.165) is 0 Å². The zero-order valence-corrected chi connectivity index (χ0v) is 18.0. The number of hydrazine groups is 1. The first kappa shape index (κ1) is 21.8. The van der Waals surface area contributed by atoms with Crippen LogP contribution in [0, 0.1) is 5.82 Å². The van der Waals surface area contributed by atoms with Crippen LogP contribution in [0.4, 0.5) is 10.1 Å². The van der Waals surface area contributed by atoms with Crippen LogP contribution in [-0.2, 0) is 9.59 Å². The smallest absolute Gasteiger partial charge is 0.283 e. The van der Waals surface area contributed by atoms with Gasteiger partial charge in [0.1, 0.15) is 11.4 Å². The number of halogens is 1. The number of carbonyl (C=O) groups excluding carboxylic acids is 2. The highest BCUT2D eigenvalue weighted by Gasteiger charge is 2.42.